The van der Waals surface area contributed by atoms with Gasteiger partial charge in [-0.3, -0.25) is 0 Å². The number of halogens is 1. The molecule has 3 nitrogen and oxygen atoms in total. The van der Waals surface area contributed by atoms with Crippen LogP contribution in [0.5, 0.6) is 0 Å². The minimum Gasteiger partial charge on any atom is -0.306 e. The maximum Gasteiger partial charge on any atom is 0.107 e. The van der Waals surface area contributed by atoms with Gasteiger partial charge in [-0.1, -0.05) is 0 Å². The number of thiophene rings is 1. The maximum atomic E-state index is 4.60. The van der Waals surface area contributed by atoms with Gasteiger partial charge in [0.25, 0.3) is 0 Å². The second-order valence-corrected chi connectivity index (χ2v) is 7.06. The highest BCUT2D eigenvalue weighted by atomic mass is 79.9. The fourth-order valence-corrected chi connectivity index (χ4v) is 3.90. The largest absolute Gasteiger partial charge is 0.306 e. The van der Waals surface area contributed by atoms with E-state index in [1.165, 1.54) is 14.4 Å². The highest BCUT2D eigenvalue weighted by molar-refractivity contribution is 9.10. The highest BCUT2D eigenvalue weighted by Gasteiger charge is 2.04. The summed E-state index contributed by atoms with van der Waals surface area (Å²) >= 11 is 7.03. The first kappa shape index (κ1) is 14.1. The van der Waals surface area contributed by atoms with E-state index in [1.807, 2.05) is 0 Å². The Bertz CT molecular complexity index is 493. The molecule has 2 aromatic heterocycles. The van der Waals surface area contributed by atoms with Gasteiger partial charge in [-0.15, -0.1) is 22.7 Å². The zero-order chi connectivity index (χ0) is 13.0. The fourth-order valence-electron chi connectivity index (χ4n) is 1.53. The number of nitrogens with one attached hydrogen (secondary N) is 1. The molecule has 0 spiro atoms. The predicted octanol–water partition coefficient (Wildman–Crippen LogP) is 3.32. The van der Waals surface area contributed by atoms with Crippen molar-refractivity contribution in [3.8, 4) is 0 Å². The minimum atomic E-state index is 0.828. The molecule has 98 valence electrons. The Morgan fingerprint density at radius 1 is 1.33 bits per heavy atom. The number of nitrogens with zero attached hydrogens (tertiary/aromatic N) is 2. The zero-order valence-electron chi connectivity index (χ0n) is 10.4. The molecule has 2 rings (SSSR count). The van der Waals surface area contributed by atoms with E-state index in [1.54, 1.807) is 22.7 Å². The smallest absolute Gasteiger partial charge is 0.107 e. The van der Waals surface area contributed by atoms with Crippen LogP contribution in [0.25, 0.3) is 0 Å². The van der Waals surface area contributed by atoms with E-state index in [0.717, 1.165) is 25.3 Å². The third-order valence-electron chi connectivity index (χ3n) is 2.33. The molecule has 0 fully saturated rings. The van der Waals surface area contributed by atoms with Crippen molar-refractivity contribution in [3.05, 3.63) is 36.9 Å². The Kier molecular flexibility index (Phi) is 5.32. The van der Waals surface area contributed by atoms with Gasteiger partial charge in [0.05, 0.1) is 5.69 Å². The summed E-state index contributed by atoms with van der Waals surface area (Å²) in [5.74, 6) is 0. The van der Waals surface area contributed by atoms with Crippen LogP contribution in [0.1, 0.15) is 15.6 Å². The molecule has 0 saturated heterocycles. The minimum absolute atomic E-state index is 0.828. The average Bonchev–Trinajstić information content (AvgIpc) is 2.89. The summed E-state index contributed by atoms with van der Waals surface area (Å²) in [6.45, 7) is 2.63. The van der Waals surface area contributed by atoms with Crippen LogP contribution >= 0.6 is 38.6 Å². The van der Waals surface area contributed by atoms with Gasteiger partial charge < -0.3 is 10.2 Å². The topological polar surface area (TPSA) is 28.2 Å². The molecule has 0 radical (unpaired) electrons. The van der Waals surface area contributed by atoms with Crippen molar-refractivity contribution in [3.63, 3.8) is 0 Å². The summed E-state index contributed by atoms with van der Waals surface area (Å²) < 4.78 is 1.19. The molecule has 0 amide bonds. The SMILES string of the molecule is CN(C)Cc1nc(CNCc2sccc2Br)cs1. The molecule has 1 N–H and O–H groups in total. The van der Waals surface area contributed by atoms with Crippen molar-refractivity contribution in [1.82, 2.24) is 15.2 Å². The summed E-state index contributed by atoms with van der Waals surface area (Å²) in [6, 6.07) is 2.08. The van der Waals surface area contributed by atoms with Crippen molar-refractivity contribution < 1.29 is 0 Å². The second-order valence-electron chi connectivity index (χ2n) is 4.27. The molecule has 2 heterocycles. The van der Waals surface area contributed by atoms with Gasteiger partial charge >= 0.3 is 0 Å². The van der Waals surface area contributed by atoms with Crippen LogP contribution in [0.2, 0.25) is 0 Å². The van der Waals surface area contributed by atoms with E-state index in [9.17, 15) is 0 Å². The van der Waals surface area contributed by atoms with E-state index in [-0.39, 0.29) is 0 Å². The van der Waals surface area contributed by atoms with Gasteiger partial charge in [0.2, 0.25) is 0 Å². The lowest BCUT2D eigenvalue weighted by atomic mass is 10.4. The van der Waals surface area contributed by atoms with E-state index in [4.69, 9.17) is 0 Å². The molecule has 2 aromatic rings. The van der Waals surface area contributed by atoms with Gasteiger partial charge in [-0.05, 0) is 41.5 Å². The van der Waals surface area contributed by atoms with Crippen molar-refractivity contribution in [2.45, 2.75) is 19.6 Å². The number of hydrogen-bond acceptors (Lipinski definition) is 5. The Balaban J connectivity index is 1.80. The van der Waals surface area contributed by atoms with Crippen molar-refractivity contribution >= 4 is 38.6 Å². The van der Waals surface area contributed by atoms with Gasteiger partial charge in [-0.2, -0.15) is 0 Å². The van der Waals surface area contributed by atoms with Gasteiger partial charge in [0.1, 0.15) is 5.01 Å². The number of hydrogen-bond donors (Lipinski definition) is 1. The Hall–Kier alpha value is -0.270. The molecule has 0 aromatic carbocycles. The molecule has 0 bridgehead atoms. The zero-order valence-corrected chi connectivity index (χ0v) is 13.7. The third kappa shape index (κ3) is 4.13. The molecule has 0 aliphatic rings. The summed E-state index contributed by atoms with van der Waals surface area (Å²) in [6.07, 6.45) is 0. The average molecular weight is 346 g/mol. The standard InChI is InChI=1S/C12H16BrN3S2/c1-16(2)7-12-15-9(8-18-12)5-14-6-11-10(13)3-4-17-11/h3-4,8,14H,5-7H2,1-2H3. The molecular formula is C12H16BrN3S2. The van der Waals surface area contributed by atoms with Crippen LogP contribution in [0, 0.1) is 0 Å². The van der Waals surface area contributed by atoms with Crippen LogP contribution in [0.15, 0.2) is 21.3 Å². The Labute approximate surface area is 124 Å². The van der Waals surface area contributed by atoms with Crippen molar-refractivity contribution in [2.75, 3.05) is 14.1 Å². The molecular weight excluding hydrogens is 330 g/mol. The summed E-state index contributed by atoms with van der Waals surface area (Å²) in [5.41, 5.74) is 1.13. The summed E-state index contributed by atoms with van der Waals surface area (Å²) in [7, 11) is 4.13. The van der Waals surface area contributed by atoms with Crippen molar-refractivity contribution in [2.24, 2.45) is 0 Å². The highest BCUT2D eigenvalue weighted by Crippen LogP contribution is 2.22. The lowest BCUT2D eigenvalue weighted by Crippen LogP contribution is -2.13. The molecule has 6 heteroatoms. The van der Waals surface area contributed by atoms with Gasteiger partial charge in [-0.25, -0.2) is 4.98 Å². The first-order chi connectivity index (χ1) is 8.65. The van der Waals surface area contributed by atoms with Crippen LogP contribution in [-0.2, 0) is 19.6 Å². The molecule has 0 aliphatic heterocycles. The lowest BCUT2D eigenvalue weighted by molar-refractivity contribution is 0.401. The van der Waals surface area contributed by atoms with E-state index >= 15 is 0 Å². The Morgan fingerprint density at radius 2 is 2.17 bits per heavy atom. The molecule has 18 heavy (non-hydrogen) atoms. The second kappa shape index (κ2) is 6.77. The number of rotatable bonds is 6. The fraction of sp³-hybridized carbons (Fsp3) is 0.417. The van der Waals surface area contributed by atoms with Crippen LogP contribution in [-0.4, -0.2) is 24.0 Å². The predicted molar refractivity (Wildman–Crippen MR) is 82.1 cm³/mol. The van der Waals surface area contributed by atoms with E-state index in [2.05, 4.69) is 62.1 Å². The number of thiazole rings is 1. The van der Waals surface area contributed by atoms with Crippen molar-refractivity contribution in [1.29, 1.82) is 0 Å². The molecule has 0 unspecified atom stereocenters. The Morgan fingerprint density at radius 3 is 2.83 bits per heavy atom. The van der Waals surface area contributed by atoms with Gasteiger partial charge in [0, 0.05) is 34.4 Å². The van der Waals surface area contributed by atoms with Gasteiger partial charge in [0.15, 0.2) is 0 Å². The van der Waals surface area contributed by atoms with E-state index < -0.39 is 0 Å². The van der Waals surface area contributed by atoms with Crippen LogP contribution in [0.3, 0.4) is 0 Å². The normalized spacial score (nSPS) is 11.3. The monoisotopic (exact) mass is 345 g/mol. The molecule has 0 atom stereocenters. The maximum absolute atomic E-state index is 4.60. The van der Waals surface area contributed by atoms with Crippen LogP contribution in [0.4, 0.5) is 0 Å². The molecule has 0 aliphatic carbocycles. The summed E-state index contributed by atoms with van der Waals surface area (Å²) in [4.78, 5) is 8.07. The first-order valence-electron chi connectivity index (χ1n) is 5.65. The van der Waals surface area contributed by atoms with E-state index in [0.29, 0.717) is 0 Å². The number of aromatic nitrogens is 1. The van der Waals surface area contributed by atoms with Crippen LogP contribution < -0.4 is 5.32 Å². The molecule has 0 saturated carbocycles. The lowest BCUT2D eigenvalue weighted by Gasteiger charge is -2.05. The first-order valence-corrected chi connectivity index (χ1v) is 8.21. The quantitative estimate of drug-likeness (QED) is 0.870. The third-order valence-corrected chi connectivity index (χ3v) is 5.14. The summed E-state index contributed by atoms with van der Waals surface area (Å²) in [5, 5.41) is 8.83.